The minimum Gasteiger partial charge on any atom is -0.379 e. The van der Waals surface area contributed by atoms with Crippen LogP contribution in [-0.2, 0) is 14.8 Å². The second kappa shape index (κ2) is 6.46. The molecule has 8 heteroatoms. The van der Waals surface area contributed by atoms with Crippen LogP contribution in [0.1, 0.15) is 25.0 Å². The van der Waals surface area contributed by atoms with E-state index in [0.717, 1.165) is 45.6 Å². The summed E-state index contributed by atoms with van der Waals surface area (Å²) in [6.45, 7) is 6.56. The fraction of sp³-hybridized carbons (Fsp3) is 0.706. The van der Waals surface area contributed by atoms with Gasteiger partial charge in [0, 0.05) is 32.2 Å². The van der Waals surface area contributed by atoms with Crippen LogP contribution in [-0.4, -0.2) is 68.0 Å². The van der Waals surface area contributed by atoms with Gasteiger partial charge in [-0.3, -0.25) is 4.90 Å². The van der Waals surface area contributed by atoms with Crippen molar-refractivity contribution in [2.45, 2.75) is 37.1 Å². The lowest BCUT2D eigenvalue weighted by molar-refractivity contribution is 0.00815. The number of pyridine rings is 1. The fourth-order valence-corrected chi connectivity index (χ4v) is 6.53. The van der Waals surface area contributed by atoms with Crippen molar-refractivity contribution in [3.63, 3.8) is 0 Å². The SMILES string of the molecule is Cc1nc(Cl)ccc1S(=O)(=O)N1CC2(CC[C@H](N3CCOCC3)C2)C1. The van der Waals surface area contributed by atoms with Gasteiger partial charge in [-0.15, -0.1) is 0 Å². The lowest BCUT2D eigenvalue weighted by Crippen LogP contribution is -2.57. The highest BCUT2D eigenvalue weighted by Crippen LogP contribution is 2.48. The van der Waals surface area contributed by atoms with E-state index < -0.39 is 10.0 Å². The number of nitrogens with zero attached hydrogens (tertiary/aromatic N) is 3. The summed E-state index contributed by atoms with van der Waals surface area (Å²) in [5.41, 5.74) is 0.620. The van der Waals surface area contributed by atoms with Crippen molar-refractivity contribution < 1.29 is 13.2 Å². The van der Waals surface area contributed by atoms with E-state index in [4.69, 9.17) is 16.3 Å². The van der Waals surface area contributed by atoms with Crippen molar-refractivity contribution in [3.05, 3.63) is 23.0 Å². The molecule has 0 radical (unpaired) electrons. The number of sulfonamides is 1. The minimum absolute atomic E-state index is 0.157. The maximum Gasteiger partial charge on any atom is 0.244 e. The highest BCUT2D eigenvalue weighted by Gasteiger charge is 2.53. The molecule has 138 valence electrons. The summed E-state index contributed by atoms with van der Waals surface area (Å²) in [7, 11) is -3.48. The average Bonchev–Trinajstić information content (AvgIpc) is 3.00. The fourth-order valence-electron chi connectivity index (χ4n) is 4.52. The van der Waals surface area contributed by atoms with Crippen LogP contribution in [0.15, 0.2) is 17.0 Å². The summed E-state index contributed by atoms with van der Waals surface area (Å²) in [6.07, 6.45) is 3.37. The van der Waals surface area contributed by atoms with Crippen LogP contribution in [0.4, 0.5) is 0 Å². The second-order valence-electron chi connectivity index (χ2n) is 7.54. The van der Waals surface area contributed by atoms with Crippen LogP contribution in [0.25, 0.3) is 0 Å². The Labute approximate surface area is 154 Å². The highest BCUT2D eigenvalue weighted by atomic mass is 35.5. The summed E-state index contributed by atoms with van der Waals surface area (Å²) >= 11 is 5.85. The first-order chi connectivity index (χ1) is 11.9. The molecule has 0 unspecified atom stereocenters. The molecule has 1 saturated carbocycles. The summed E-state index contributed by atoms with van der Waals surface area (Å²) in [5, 5.41) is 0.320. The molecule has 3 aliphatic rings. The van der Waals surface area contributed by atoms with Crippen LogP contribution in [0.2, 0.25) is 5.15 Å². The Kier molecular flexibility index (Phi) is 4.57. The van der Waals surface area contributed by atoms with Gasteiger partial charge in [0.05, 0.1) is 18.9 Å². The van der Waals surface area contributed by atoms with Crippen molar-refractivity contribution in [3.8, 4) is 0 Å². The van der Waals surface area contributed by atoms with Crippen LogP contribution >= 0.6 is 11.6 Å². The second-order valence-corrected chi connectivity index (χ2v) is 9.83. The lowest BCUT2D eigenvalue weighted by Gasteiger charge is -2.47. The van der Waals surface area contributed by atoms with Gasteiger partial charge in [0.25, 0.3) is 0 Å². The first-order valence-corrected chi connectivity index (χ1v) is 10.7. The topological polar surface area (TPSA) is 62.7 Å². The van der Waals surface area contributed by atoms with Gasteiger partial charge in [-0.2, -0.15) is 4.31 Å². The van der Waals surface area contributed by atoms with Crippen molar-refractivity contribution in [2.75, 3.05) is 39.4 Å². The maximum atomic E-state index is 12.9. The zero-order valence-electron chi connectivity index (χ0n) is 14.4. The van der Waals surface area contributed by atoms with Gasteiger partial charge in [0.2, 0.25) is 10.0 Å². The standard InChI is InChI=1S/C17H24ClN3O3S/c1-13-15(2-3-16(18)19-13)25(22,23)21-11-17(12-21)5-4-14(10-17)20-6-8-24-9-7-20/h2-3,14H,4-12H2,1H3/t14-/m0/s1. The smallest absolute Gasteiger partial charge is 0.244 e. The van der Waals surface area contributed by atoms with Crippen LogP contribution in [0, 0.1) is 12.3 Å². The zero-order chi connectivity index (χ0) is 17.7. The van der Waals surface area contributed by atoms with Crippen LogP contribution in [0.3, 0.4) is 0 Å². The molecule has 1 spiro atoms. The molecular weight excluding hydrogens is 362 g/mol. The molecule has 0 bridgehead atoms. The zero-order valence-corrected chi connectivity index (χ0v) is 16.0. The van der Waals surface area contributed by atoms with Gasteiger partial charge in [-0.05, 0) is 43.7 Å². The van der Waals surface area contributed by atoms with E-state index >= 15 is 0 Å². The van der Waals surface area contributed by atoms with Gasteiger partial charge in [0.15, 0.2) is 0 Å². The number of aryl methyl sites for hydroxylation is 1. The summed E-state index contributed by atoms with van der Waals surface area (Å²) in [6, 6.07) is 3.68. The molecule has 1 aliphatic carbocycles. The van der Waals surface area contributed by atoms with Crippen LogP contribution in [0.5, 0.6) is 0 Å². The quantitative estimate of drug-likeness (QED) is 0.744. The Balaban J connectivity index is 1.43. The van der Waals surface area contributed by atoms with Gasteiger partial charge >= 0.3 is 0 Å². The molecule has 2 saturated heterocycles. The molecular formula is C17H24ClN3O3S. The lowest BCUT2D eigenvalue weighted by atomic mass is 9.80. The molecule has 0 N–H and O–H groups in total. The molecule has 3 fully saturated rings. The Morgan fingerprint density at radius 3 is 2.68 bits per heavy atom. The van der Waals surface area contributed by atoms with E-state index in [2.05, 4.69) is 9.88 Å². The normalized spacial score (nSPS) is 27.5. The number of ether oxygens (including phenoxy) is 1. The molecule has 2 aliphatic heterocycles. The Hall–Kier alpha value is -0.730. The summed E-state index contributed by atoms with van der Waals surface area (Å²) in [5.74, 6) is 0. The number of rotatable bonds is 3. The van der Waals surface area contributed by atoms with Gasteiger partial charge < -0.3 is 4.74 Å². The molecule has 0 amide bonds. The molecule has 1 atom stereocenters. The van der Waals surface area contributed by atoms with E-state index in [0.29, 0.717) is 30.0 Å². The number of halogens is 1. The van der Waals surface area contributed by atoms with Crippen molar-refractivity contribution in [1.29, 1.82) is 0 Å². The Morgan fingerprint density at radius 2 is 2.00 bits per heavy atom. The van der Waals surface area contributed by atoms with E-state index in [1.165, 1.54) is 0 Å². The molecule has 1 aromatic heterocycles. The van der Waals surface area contributed by atoms with E-state index in [1.807, 2.05) is 0 Å². The van der Waals surface area contributed by atoms with Gasteiger partial charge in [-0.25, -0.2) is 13.4 Å². The number of hydrogen-bond acceptors (Lipinski definition) is 5. The molecule has 1 aromatic rings. The molecule has 6 nitrogen and oxygen atoms in total. The maximum absolute atomic E-state index is 12.9. The third-order valence-corrected chi connectivity index (χ3v) is 8.02. The number of morpholine rings is 1. The Morgan fingerprint density at radius 1 is 1.28 bits per heavy atom. The van der Waals surface area contributed by atoms with Gasteiger partial charge in [-0.1, -0.05) is 11.6 Å². The highest BCUT2D eigenvalue weighted by molar-refractivity contribution is 7.89. The van der Waals surface area contributed by atoms with Crippen molar-refractivity contribution in [2.24, 2.45) is 5.41 Å². The monoisotopic (exact) mass is 385 g/mol. The first kappa shape index (κ1) is 17.7. The third-order valence-electron chi connectivity index (χ3n) is 5.88. The predicted octanol–water partition coefficient (Wildman–Crippen LogP) is 1.92. The van der Waals surface area contributed by atoms with Crippen molar-refractivity contribution in [1.82, 2.24) is 14.2 Å². The van der Waals surface area contributed by atoms with E-state index in [-0.39, 0.29) is 10.3 Å². The predicted molar refractivity (Wildman–Crippen MR) is 95.2 cm³/mol. The largest absolute Gasteiger partial charge is 0.379 e. The number of hydrogen-bond donors (Lipinski definition) is 0. The molecule has 3 heterocycles. The third kappa shape index (κ3) is 3.21. The van der Waals surface area contributed by atoms with E-state index in [9.17, 15) is 8.42 Å². The average molecular weight is 386 g/mol. The summed E-state index contributed by atoms with van der Waals surface area (Å²) in [4.78, 5) is 6.87. The Bertz CT molecular complexity index is 758. The number of aromatic nitrogens is 1. The summed E-state index contributed by atoms with van der Waals surface area (Å²) < 4.78 is 32.8. The minimum atomic E-state index is -3.48. The molecule has 4 rings (SSSR count). The van der Waals surface area contributed by atoms with Crippen molar-refractivity contribution >= 4 is 21.6 Å². The molecule has 25 heavy (non-hydrogen) atoms. The van der Waals surface area contributed by atoms with E-state index in [1.54, 1.807) is 23.4 Å². The molecule has 0 aromatic carbocycles. The van der Waals surface area contributed by atoms with Crippen LogP contribution < -0.4 is 0 Å². The first-order valence-electron chi connectivity index (χ1n) is 8.85. The van der Waals surface area contributed by atoms with Gasteiger partial charge in [0.1, 0.15) is 10.0 Å².